The molecule has 0 N–H and O–H groups in total. The Hall–Kier alpha value is -6.18. The van der Waals surface area contributed by atoms with E-state index in [2.05, 4.69) is 209 Å². The molecule has 0 fully saturated rings. The van der Waals surface area contributed by atoms with E-state index >= 15 is 0 Å². The maximum absolute atomic E-state index is 2.41. The van der Waals surface area contributed by atoms with Crippen molar-refractivity contribution in [2.24, 2.45) is 0 Å². The number of hydrogen-bond donors (Lipinski definition) is 0. The predicted molar refractivity (Wildman–Crippen MR) is 225 cm³/mol. The lowest BCUT2D eigenvalue weighted by atomic mass is 9.82. The van der Waals surface area contributed by atoms with Gasteiger partial charge in [0.15, 0.2) is 0 Å². The first kappa shape index (κ1) is 31.8. The van der Waals surface area contributed by atoms with Gasteiger partial charge in [0, 0.05) is 22.5 Å². The SMILES string of the molecule is C/C=C1\C(=C/C)c2ccc(N(c3ccc(-c4ccccc4)cc3)c3ccc(-c4ccc5c6ccccc6c6ccccc6c5c4)cc3)cc2C1(C)C. The van der Waals surface area contributed by atoms with Crippen LogP contribution in [-0.2, 0) is 5.41 Å². The highest BCUT2D eigenvalue weighted by atomic mass is 15.1. The first-order chi connectivity index (χ1) is 25.5. The molecule has 0 saturated carbocycles. The zero-order valence-corrected chi connectivity index (χ0v) is 30.2. The Kier molecular flexibility index (Phi) is 7.67. The lowest BCUT2D eigenvalue weighted by molar-refractivity contribution is 0.659. The molecule has 0 radical (unpaired) electrons. The van der Waals surface area contributed by atoms with Gasteiger partial charge in [-0.05, 0) is 133 Å². The Balaban J connectivity index is 1.16. The minimum Gasteiger partial charge on any atom is -0.310 e. The molecule has 0 aliphatic heterocycles. The van der Waals surface area contributed by atoms with Crippen molar-refractivity contribution in [3.63, 3.8) is 0 Å². The third kappa shape index (κ3) is 5.08. The van der Waals surface area contributed by atoms with E-state index in [1.54, 1.807) is 0 Å². The van der Waals surface area contributed by atoms with Gasteiger partial charge in [0.25, 0.3) is 0 Å². The van der Waals surface area contributed by atoms with Crippen molar-refractivity contribution in [1.29, 1.82) is 0 Å². The molecule has 0 aromatic heterocycles. The van der Waals surface area contributed by atoms with E-state index in [1.807, 2.05) is 0 Å². The summed E-state index contributed by atoms with van der Waals surface area (Å²) in [6.07, 6.45) is 4.55. The molecule has 0 amide bonds. The van der Waals surface area contributed by atoms with Crippen molar-refractivity contribution < 1.29 is 0 Å². The highest BCUT2D eigenvalue weighted by molar-refractivity contribution is 6.25. The summed E-state index contributed by atoms with van der Waals surface area (Å²) >= 11 is 0. The minimum absolute atomic E-state index is 0.0831. The van der Waals surface area contributed by atoms with Gasteiger partial charge in [0.2, 0.25) is 0 Å². The van der Waals surface area contributed by atoms with Crippen LogP contribution in [0.1, 0.15) is 38.8 Å². The lowest BCUT2D eigenvalue weighted by Crippen LogP contribution is -2.16. The Labute approximate surface area is 306 Å². The molecule has 0 bridgehead atoms. The summed E-state index contributed by atoms with van der Waals surface area (Å²) in [5.74, 6) is 0. The predicted octanol–water partition coefficient (Wildman–Crippen LogP) is 14.6. The number of rotatable bonds is 5. The largest absolute Gasteiger partial charge is 0.310 e. The minimum atomic E-state index is -0.0831. The smallest absolute Gasteiger partial charge is 0.0465 e. The fourth-order valence-corrected chi connectivity index (χ4v) is 8.65. The molecule has 1 nitrogen and oxygen atoms in total. The molecule has 0 unspecified atom stereocenters. The second kappa shape index (κ2) is 12.5. The first-order valence-electron chi connectivity index (χ1n) is 18.3. The van der Waals surface area contributed by atoms with Crippen LogP contribution in [0.3, 0.4) is 0 Å². The van der Waals surface area contributed by atoms with Crippen LogP contribution in [0.25, 0.3) is 60.1 Å². The molecule has 250 valence electrons. The third-order valence-electron chi connectivity index (χ3n) is 11.2. The van der Waals surface area contributed by atoms with Gasteiger partial charge in [-0.3, -0.25) is 0 Å². The molecule has 8 aromatic carbocycles. The number of benzene rings is 8. The molecule has 52 heavy (non-hydrogen) atoms. The molecule has 1 aliphatic carbocycles. The van der Waals surface area contributed by atoms with Crippen molar-refractivity contribution in [2.45, 2.75) is 33.1 Å². The van der Waals surface area contributed by atoms with Crippen molar-refractivity contribution in [2.75, 3.05) is 4.90 Å². The molecule has 0 saturated heterocycles. The average molecular weight is 668 g/mol. The van der Waals surface area contributed by atoms with Crippen molar-refractivity contribution in [3.8, 4) is 22.3 Å². The first-order valence-corrected chi connectivity index (χ1v) is 18.3. The number of hydrogen-bond acceptors (Lipinski definition) is 1. The van der Waals surface area contributed by atoms with Gasteiger partial charge in [-0.1, -0.05) is 147 Å². The van der Waals surface area contributed by atoms with Crippen LogP contribution in [0.15, 0.2) is 182 Å². The highest BCUT2D eigenvalue weighted by Gasteiger charge is 2.37. The van der Waals surface area contributed by atoms with E-state index in [1.165, 1.54) is 76.8 Å². The summed E-state index contributed by atoms with van der Waals surface area (Å²) in [5.41, 5.74) is 13.6. The molecule has 0 atom stereocenters. The van der Waals surface area contributed by atoms with Gasteiger partial charge in [0.05, 0.1) is 0 Å². The van der Waals surface area contributed by atoms with Gasteiger partial charge in [-0.2, -0.15) is 0 Å². The Morgan fingerprint density at radius 2 is 0.865 bits per heavy atom. The molecular formula is C51H41N. The summed E-state index contributed by atoms with van der Waals surface area (Å²) in [6, 6.07) is 60.2. The number of fused-ring (bicyclic) bond motifs is 7. The topological polar surface area (TPSA) is 3.24 Å². The van der Waals surface area contributed by atoms with Crippen molar-refractivity contribution in [1.82, 2.24) is 0 Å². The molecule has 0 heterocycles. The van der Waals surface area contributed by atoms with Crippen LogP contribution in [0.4, 0.5) is 17.1 Å². The zero-order valence-electron chi connectivity index (χ0n) is 30.2. The van der Waals surface area contributed by atoms with Crippen LogP contribution in [0, 0.1) is 0 Å². The lowest BCUT2D eigenvalue weighted by Gasteiger charge is -2.28. The van der Waals surface area contributed by atoms with Crippen LogP contribution in [0.5, 0.6) is 0 Å². The van der Waals surface area contributed by atoms with Crippen LogP contribution < -0.4 is 4.90 Å². The maximum atomic E-state index is 2.41. The fraction of sp³-hybridized carbons (Fsp3) is 0.0980. The van der Waals surface area contributed by atoms with E-state index in [0.717, 1.165) is 17.1 Å². The second-order valence-corrected chi connectivity index (χ2v) is 14.4. The van der Waals surface area contributed by atoms with Gasteiger partial charge in [-0.25, -0.2) is 0 Å². The van der Waals surface area contributed by atoms with Gasteiger partial charge in [-0.15, -0.1) is 0 Å². The van der Waals surface area contributed by atoms with Crippen LogP contribution >= 0.6 is 0 Å². The van der Waals surface area contributed by atoms with E-state index in [4.69, 9.17) is 0 Å². The third-order valence-corrected chi connectivity index (χ3v) is 11.2. The van der Waals surface area contributed by atoms with Crippen molar-refractivity contribution in [3.05, 3.63) is 193 Å². The summed E-state index contributed by atoms with van der Waals surface area (Å²) in [7, 11) is 0. The van der Waals surface area contributed by atoms with Crippen molar-refractivity contribution >= 4 is 55.0 Å². The number of nitrogens with zero attached hydrogens (tertiary/aromatic N) is 1. The Bertz CT molecular complexity index is 2660. The van der Waals surface area contributed by atoms with Gasteiger partial charge >= 0.3 is 0 Å². The molecule has 8 aromatic rings. The van der Waals surface area contributed by atoms with E-state index < -0.39 is 0 Å². The molecule has 1 aliphatic rings. The van der Waals surface area contributed by atoms with Gasteiger partial charge < -0.3 is 4.90 Å². The van der Waals surface area contributed by atoms with E-state index in [0.29, 0.717) is 0 Å². The normalized spacial score (nSPS) is 15.2. The van der Waals surface area contributed by atoms with E-state index in [9.17, 15) is 0 Å². The molecule has 1 heteroatoms. The average Bonchev–Trinajstić information content (AvgIpc) is 3.43. The number of anilines is 3. The summed E-state index contributed by atoms with van der Waals surface area (Å²) in [5, 5.41) is 7.78. The molecular weight excluding hydrogens is 627 g/mol. The summed E-state index contributed by atoms with van der Waals surface area (Å²) in [4.78, 5) is 2.40. The second-order valence-electron chi connectivity index (χ2n) is 14.4. The van der Waals surface area contributed by atoms with Gasteiger partial charge in [0.1, 0.15) is 0 Å². The molecule has 9 rings (SSSR count). The quantitative estimate of drug-likeness (QED) is 0.165. The highest BCUT2D eigenvalue weighted by Crippen LogP contribution is 2.51. The Morgan fingerprint density at radius 1 is 0.404 bits per heavy atom. The van der Waals surface area contributed by atoms with Crippen LogP contribution in [-0.4, -0.2) is 0 Å². The molecule has 0 spiro atoms. The zero-order chi connectivity index (χ0) is 35.4. The van der Waals surface area contributed by atoms with Crippen LogP contribution in [0.2, 0.25) is 0 Å². The summed E-state index contributed by atoms with van der Waals surface area (Å²) < 4.78 is 0. The maximum Gasteiger partial charge on any atom is 0.0465 e. The standard InChI is InChI=1S/C51H41N/c1-5-41-47-31-29-40(33-50(47)51(3,4)49(41)6-2)52(38-25-20-35(21-26-38)34-14-8-7-9-15-34)39-27-22-36(23-28-39)37-24-30-46-44-18-11-10-16-42(44)43-17-12-13-19-45(43)48(46)32-37/h5-33H,1-4H3/b41-5-,49-6+. The Morgan fingerprint density at radius 3 is 1.42 bits per heavy atom. The summed E-state index contributed by atoms with van der Waals surface area (Å²) in [6.45, 7) is 9.02. The van der Waals surface area contributed by atoms with E-state index in [-0.39, 0.29) is 5.41 Å². The number of allylic oxidation sites excluding steroid dienone is 4. The monoisotopic (exact) mass is 667 g/mol. The fourth-order valence-electron chi connectivity index (χ4n) is 8.65.